The smallest absolute Gasteiger partial charge is 0.257 e. The summed E-state index contributed by atoms with van der Waals surface area (Å²) >= 11 is 1.46. The van der Waals surface area contributed by atoms with E-state index in [1.165, 1.54) is 11.8 Å². The van der Waals surface area contributed by atoms with Crippen molar-refractivity contribution in [3.63, 3.8) is 0 Å². The molecule has 0 N–H and O–H groups in total. The number of likely N-dealkylation sites (N-methyl/N-ethyl adjacent to an activating group) is 1. The standard InChI is InChI=1S/C19H29N5O2S/c1-22(2)9-10-23-13-19(7-5-16(23)25)6-4-8-24(14-19)17(26)15-11-20-18(27-3)21-12-15/h11-12H,4-10,13-14H2,1-3H3/t19-/m1/s1. The van der Waals surface area contributed by atoms with Crippen molar-refractivity contribution in [2.24, 2.45) is 5.41 Å². The fraction of sp³-hybridized carbons (Fsp3) is 0.684. The fourth-order valence-electron chi connectivity index (χ4n) is 4.06. The van der Waals surface area contributed by atoms with Gasteiger partial charge in [-0.1, -0.05) is 11.8 Å². The molecule has 0 unspecified atom stereocenters. The second kappa shape index (κ2) is 8.56. The lowest BCUT2D eigenvalue weighted by molar-refractivity contribution is -0.139. The molecule has 2 aliphatic rings. The second-order valence-corrected chi connectivity index (χ2v) is 8.68. The molecular formula is C19H29N5O2S. The van der Waals surface area contributed by atoms with Crippen LogP contribution in [0.4, 0.5) is 0 Å². The van der Waals surface area contributed by atoms with Crippen molar-refractivity contribution in [3.05, 3.63) is 18.0 Å². The predicted molar refractivity (Wildman–Crippen MR) is 106 cm³/mol. The third-order valence-electron chi connectivity index (χ3n) is 5.57. The summed E-state index contributed by atoms with van der Waals surface area (Å²) in [5.74, 6) is 0.241. The Bertz CT molecular complexity index is 681. The molecule has 3 rings (SSSR count). The van der Waals surface area contributed by atoms with Crippen LogP contribution in [-0.2, 0) is 4.79 Å². The van der Waals surface area contributed by atoms with Gasteiger partial charge in [-0.25, -0.2) is 9.97 Å². The molecule has 7 nitrogen and oxygen atoms in total. The van der Waals surface area contributed by atoms with Crippen LogP contribution in [0.1, 0.15) is 36.0 Å². The van der Waals surface area contributed by atoms with Crippen molar-refractivity contribution in [2.75, 3.05) is 53.1 Å². The van der Waals surface area contributed by atoms with Gasteiger partial charge in [0.05, 0.1) is 5.56 Å². The number of carbonyl (C=O) groups excluding carboxylic acids is 2. The van der Waals surface area contributed by atoms with Gasteiger partial charge in [0, 0.05) is 57.0 Å². The number of hydrogen-bond donors (Lipinski definition) is 0. The van der Waals surface area contributed by atoms with Crippen molar-refractivity contribution in [2.45, 2.75) is 30.8 Å². The first kappa shape index (κ1) is 20.1. The maximum atomic E-state index is 12.9. The van der Waals surface area contributed by atoms with Crippen LogP contribution in [0.2, 0.25) is 0 Å². The Kier molecular flexibility index (Phi) is 6.37. The Balaban J connectivity index is 1.68. The third kappa shape index (κ3) is 4.79. The number of hydrogen-bond acceptors (Lipinski definition) is 6. The van der Waals surface area contributed by atoms with Crippen LogP contribution in [0.3, 0.4) is 0 Å². The SMILES string of the molecule is CSc1ncc(C(=O)N2CCC[C@]3(CCC(=O)N(CCN(C)C)C3)C2)cn1. The number of thioether (sulfide) groups is 1. The summed E-state index contributed by atoms with van der Waals surface area (Å²) in [7, 11) is 4.05. The molecule has 148 valence electrons. The van der Waals surface area contributed by atoms with E-state index in [1.54, 1.807) is 12.4 Å². The lowest BCUT2D eigenvalue weighted by atomic mass is 9.73. The van der Waals surface area contributed by atoms with Gasteiger partial charge in [0.15, 0.2) is 5.16 Å². The van der Waals surface area contributed by atoms with Gasteiger partial charge >= 0.3 is 0 Å². The van der Waals surface area contributed by atoms with E-state index >= 15 is 0 Å². The maximum absolute atomic E-state index is 12.9. The summed E-state index contributed by atoms with van der Waals surface area (Å²) in [6.45, 7) is 3.85. The van der Waals surface area contributed by atoms with E-state index in [9.17, 15) is 9.59 Å². The Morgan fingerprint density at radius 1 is 1.26 bits per heavy atom. The van der Waals surface area contributed by atoms with Gasteiger partial charge in [0.1, 0.15) is 0 Å². The predicted octanol–water partition coefficient (Wildman–Crippen LogP) is 1.60. The van der Waals surface area contributed by atoms with E-state index in [0.29, 0.717) is 23.7 Å². The third-order valence-corrected chi connectivity index (χ3v) is 6.15. The first-order valence-electron chi connectivity index (χ1n) is 9.50. The Labute approximate surface area is 165 Å². The monoisotopic (exact) mass is 391 g/mol. The number of piperidine rings is 2. The quantitative estimate of drug-likeness (QED) is 0.561. The lowest BCUT2D eigenvalue weighted by Crippen LogP contribution is -2.55. The molecule has 0 aromatic carbocycles. The molecule has 8 heteroatoms. The Morgan fingerprint density at radius 3 is 2.67 bits per heavy atom. The number of likely N-dealkylation sites (tertiary alicyclic amines) is 2. The fourth-order valence-corrected chi connectivity index (χ4v) is 4.37. The highest BCUT2D eigenvalue weighted by atomic mass is 32.2. The molecule has 0 bridgehead atoms. The van der Waals surface area contributed by atoms with Gasteiger partial charge in [-0.05, 0) is 39.6 Å². The van der Waals surface area contributed by atoms with Crippen LogP contribution >= 0.6 is 11.8 Å². The number of nitrogens with zero attached hydrogens (tertiary/aromatic N) is 5. The number of rotatable bonds is 5. The molecule has 1 aromatic rings. The minimum absolute atomic E-state index is 0.00142. The van der Waals surface area contributed by atoms with Gasteiger partial charge in [-0.2, -0.15) is 0 Å². The minimum Gasteiger partial charge on any atom is -0.341 e. The van der Waals surface area contributed by atoms with Crippen LogP contribution < -0.4 is 0 Å². The zero-order valence-corrected chi connectivity index (χ0v) is 17.3. The highest BCUT2D eigenvalue weighted by molar-refractivity contribution is 7.98. The summed E-state index contributed by atoms with van der Waals surface area (Å²) in [4.78, 5) is 39.8. The normalized spacial score (nSPS) is 23.3. The maximum Gasteiger partial charge on any atom is 0.257 e. The van der Waals surface area contributed by atoms with Crippen LogP contribution in [0, 0.1) is 5.41 Å². The van der Waals surface area contributed by atoms with Crippen LogP contribution in [0.5, 0.6) is 0 Å². The second-order valence-electron chi connectivity index (χ2n) is 7.91. The van der Waals surface area contributed by atoms with E-state index < -0.39 is 0 Å². The van der Waals surface area contributed by atoms with Crippen LogP contribution in [-0.4, -0.2) is 89.6 Å². The number of aromatic nitrogens is 2. The summed E-state index contributed by atoms with van der Waals surface area (Å²) in [6.07, 6.45) is 8.66. The van der Waals surface area contributed by atoms with Gasteiger partial charge in [-0.15, -0.1) is 0 Å². The highest BCUT2D eigenvalue weighted by Gasteiger charge is 2.42. The number of carbonyl (C=O) groups is 2. The molecule has 2 aliphatic heterocycles. The van der Waals surface area contributed by atoms with E-state index in [2.05, 4.69) is 14.9 Å². The topological polar surface area (TPSA) is 69.6 Å². The molecule has 0 saturated carbocycles. The van der Waals surface area contributed by atoms with E-state index in [4.69, 9.17) is 0 Å². The van der Waals surface area contributed by atoms with Crippen molar-refractivity contribution in [1.82, 2.24) is 24.7 Å². The van der Waals surface area contributed by atoms with E-state index in [1.807, 2.05) is 30.2 Å². The zero-order chi connectivity index (χ0) is 19.4. The van der Waals surface area contributed by atoms with Crippen molar-refractivity contribution in [1.29, 1.82) is 0 Å². The first-order chi connectivity index (χ1) is 12.9. The van der Waals surface area contributed by atoms with Gasteiger partial charge < -0.3 is 14.7 Å². The van der Waals surface area contributed by atoms with E-state index in [-0.39, 0.29) is 17.2 Å². The van der Waals surface area contributed by atoms with Crippen LogP contribution in [0.25, 0.3) is 0 Å². The average molecular weight is 392 g/mol. The van der Waals surface area contributed by atoms with Crippen molar-refractivity contribution >= 4 is 23.6 Å². The first-order valence-corrected chi connectivity index (χ1v) is 10.7. The number of amides is 2. The molecule has 0 radical (unpaired) electrons. The van der Waals surface area contributed by atoms with Gasteiger partial charge in [0.2, 0.25) is 5.91 Å². The molecule has 27 heavy (non-hydrogen) atoms. The van der Waals surface area contributed by atoms with Crippen molar-refractivity contribution < 1.29 is 9.59 Å². The van der Waals surface area contributed by atoms with Gasteiger partial charge in [-0.3, -0.25) is 9.59 Å². The largest absolute Gasteiger partial charge is 0.341 e. The highest BCUT2D eigenvalue weighted by Crippen LogP contribution is 2.39. The Hall–Kier alpha value is -1.67. The molecular weight excluding hydrogens is 362 g/mol. The van der Waals surface area contributed by atoms with Crippen LogP contribution in [0.15, 0.2) is 17.6 Å². The van der Waals surface area contributed by atoms with Crippen molar-refractivity contribution in [3.8, 4) is 0 Å². The molecule has 3 heterocycles. The Morgan fingerprint density at radius 2 is 2.00 bits per heavy atom. The summed E-state index contributed by atoms with van der Waals surface area (Å²) in [5.41, 5.74) is 0.565. The molecule has 1 spiro atoms. The zero-order valence-electron chi connectivity index (χ0n) is 16.5. The van der Waals surface area contributed by atoms with E-state index in [0.717, 1.165) is 45.4 Å². The lowest BCUT2D eigenvalue weighted by Gasteiger charge is -2.48. The molecule has 2 amide bonds. The molecule has 1 aromatic heterocycles. The molecule has 2 fully saturated rings. The molecule has 2 saturated heterocycles. The summed E-state index contributed by atoms with van der Waals surface area (Å²) in [5, 5.41) is 0.670. The summed E-state index contributed by atoms with van der Waals surface area (Å²) in [6, 6.07) is 0. The summed E-state index contributed by atoms with van der Waals surface area (Å²) < 4.78 is 0. The minimum atomic E-state index is -0.00142. The molecule has 0 aliphatic carbocycles. The average Bonchev–Trinajstić information content (AvgIpc) is 2.68. The van der Waals surface area contributed by atoms with Gasteiger partial charge in [0.25, 0.3) is 5.91 Å². The molecule has 1 atom stereocenters.